The van der Waals surface area contributed by atoms with Crippen LogP contribution in [-0.4, -0.2) is 34.7 Å². The largest absolute Gasteiger partial charge is 0.493 e. The van der Waals surface area contributed by atoms with E-state index in [0.717, 1.165) is 6.07 Å². The number of rotatable bonds is 8. The lowest BCUT2D eigenvalue weighted by molar-refractivity contribution is -0.385. The first kappa shape index (κ1) is 21.7. The molecule has 0 radical (unpaired) electrons. The van der Waals surface area contributed by atoms with Gasteiger partial charge in [0.2, 0.25) is 11.7 Å². The summed E-state index contributed by atoms with van der Waals surface area (Å²) in [6.45, 7) is 3.59. The molecule has 0 aliphatic carbocycles. The molecule has 0 saturated carbocycles. The van der Waals surface area contributed by atoms with Crippen LogP contribution >= 0.6 is 0 Å². The number of aromatic nitrogens is 2. The average Bonchev–Trinajstić information content (AvgIpc) is 3.24. The summed E-state index contributed by atoms with van der Waals surface area (Å²) in [6, 6.07) is 7.12. The molecule has 1 unspecified atom stereocenters. The van der Waals surface area contributed by atoms with Gasteiger partial charge in [-0.05, 0) is 38.1 Å². The maximum Gasteiger partial charge on any atom is 0.286 e. The Balaban J connectivity index is 1.84. The Labute approximate surface area is 176 Å². The Kier molecular flexibility index (Phi) is 6.43. The molecule has 1 aromatic heterocycles. The lowest BCUT2D eigenvalue weighted by Gasteiger charge is -2.13. The molecule has 10 nitrogen and oxygen atoms in total. The van der Waals surface area contributed by atoms with E-state index < -0.39 is 28.4 Å². The molecular weight excluding hydrogens is 411 g/mol. The van der Waals surface area contributed by atoms with Crippen LogP contribution in [0, 0.1) is 15.9 Å². The Morgan fingerprint density at radius 2 is 2.00 bits per heavy atom. The van der Waals surface area contributed by atoms with Crippen molar-refractivity contribution in [3.63, 3.8) is 0 Å². The molecule has 11 heteroatoms. The van der Waals surface area contributed by atoms with E-state index in [4.69, 9.17) is 14.0 Å². The molecule has 0 bridgehead atoms. The molecule has 3 rings (SSSR count). The molecule has 0 aliphatic heterocycles. The number of carbonyl (C=O) groups is 1. The summed E-state index contributed by atoms with van der Waals surface area (Å²) in [6.07, 6.45) is 0. The predicted octanol–water partition coefficient (Wildman–Crippen LogP) is 3.68. The number of hydrogen-bond donors (Lipinski definition) is 1. The number of carbonyl (C=O) groups excluding carboxylic acids is 1. The summed E-state index contributed by atoms with van der Waals surface area (Å²) in [5.41, 5.74) is -0.121. The molecule has 1 amide bonds. The van der Waals surface area contributed by atoms with E-state index in [9.17, 15) is 19.3 Å². The van der Waals surface area contributed by atoms with Crippen molar-refractivity contribution < 1.29 is 28.1 Å². The van der Waals surface area contributed by atoms with Gasteiger partial charge in [-0.3, -0.25) is 14.9 Å². The Hall–Kier alpha value is -4.02. The van der Waals surface area contributed by atoms with E-state index in [1.54, 1.807) is 13.8 Å². The second-order valence-corrected chi connectivity index (χ2v) is 6.37. The van der Waals surface area contributed by atoms with Crippen molar-refractivity contribution in [2.75, 3.05) is 13.7 Å². The molecule has 0 fully saturated rings. The van der Waals surface area contributed by atoms with Crippen LogP contribution in [0.2, 0.25) is 0 Å². The van der Waals surface area contributed by atoms with Crippen LogP contribution in [0.1, 0.15) is 36.1 Å². The van der Waals surface area contributed by atoms with Crippen molar-refractivity contribution in [1.29, 1.82) is 0 Å². The highest BCUT2D eigenvalue weighted by Crippen LogP contribution is 2.35. The lowest BCUT2D eigenvalue weighted by atomic mass is 10.1. The minimum atomic E-state index is -0.758. The second-order valence-electron chi connectivity index (χ2n) is 6.37. The van der Waals surface area contributed by atoms with Crippen molar-refractivity contribution in [2.45, 2.75) is 19.9 Å². The Bertz CT molecular complexity index is 1100. The maximum atomic E-state index is 13.1. The van der Waals surface area contributed by atoms with E-state index in [1.165, 1.54) is 37.4 Å². The number of nitro benzene ring substituents is 1. The summed E-state index contributed by atoms with van der Waals surface area (Å²) in [7, 11) is 1.34. The highest BCUT2D eigenvalue weighted by atomic mass is 19.1. The maximum absolute atomic E-state index is 13.1. The van der Waals surface area contributed by atoms with Crippen molar-refractivity contribution in [2.24, 2.45) is 0 Å². The number of halogens is 1. The van der Waals surface area contributed by atoms with E-state index in [2.05, 4.69) is 15.5 Å². The molecule has 3 aromatic rings. The van der Waals surface area contributed by atoms with Gasteiger partial charge in [0.05, 0.1) is 24.7 Å². The fraction of sp³-hybridized carbons (Fsp3) is 0.250. The number of benzene rings is 2. The van der Waals surface area contributed by atoms with Gasteiger partial charge in [0.25, 0.3) is 11.6 Å². The van der Waals surface area contributed by atoms with E-state index in [1.807, 2.05) is 0 Å². The monoisotopic (exact) mass is 430 g/mol. The minimum absolute atomic E-state index is 0.0777. The molecule has 0 aliphatic rings. The van der Waals surface area contributed by atoms with Crippen molar-refractivity contribution in [3.8, 4) is 22.9 Å². The molecule has 2 aromatic carbocycles. The van der Waals surface area contributed by atoms with Crippen LogP contribution in [0.4, 0.5) is 10.1 Å². The number of ether oxygens (including phenoxy) is 2. The van der Waals surface area contributed by atoms with Gasteiger partial charge in [-0.1, -0.05) is 5.16 Å². The van der Waals surface area contributed by atoms with Gasteiger partial charge in [-0.2, -0.15) is 4.98 Å². The SMILES string of the molecule is CCOc1cc(C(=O)NC(C)c2nc(-c3ccc(F)cc3)no2)c([N+](=O)[O-])cc1OC. The standard InChI is InChI=1S/C20H19FN4O6/c1-4-30-17-9-14(15(25(27)28)10-16(17)29-3)19(26)22-11(2)20-23-18(24-31-20)12-5-7-13(21)8-6-12/h5-11H,4H2,1-3H3,(H,22,26). The van der Waals surface area contributed by atoms with Crippen LogP contribution in [0.5, 0.6) is 11.5 Å². The quantitative estimate of drug-likeness (QED) is 0.423. The number of nitro groups is 1. The summed E-state index contributed by atoms with van der Waals surface area (Å²) >= 11 is 0. The molecule has 1 heterocycles. The highest BCUT2D eigenvalue weighted by molar-refractivity contribution is 5.99. The van der Waals surface area contributed by atoms with Crippen molar-refractivity contribution >= 4 is 11.6 Å². The second kappa shape index (κ2) is 9.20. The molecule has 0 spiro atoms. The number of hydrogen-bond acceptors (Lipinski definition) is 8. The molecule has 1 N–H and O–H groups in total. The van der Waals surface area contributed by atoms with E-state index in [0.29, 0.717) is 5.56 Å². The summed E-state index contributed by atoms with van der Waals surface area (Å²) in [4.78, 5) is 27.8. The topological polar surface area (TPSA) is 130 Å². The first-order chi connectivity index (χ1) is 14.8. The minimum Gasteiger partial charge on any atom is -0.493 e. The van der Waals surface area contributed by atoms with Gasteiger partial charge in [-0.15, -0.1) is 0 Å². The van der Waals surface area contributed by atoms with Gasteiger partial charge in [-0.25, -0.2) is 4.39 Å². The molecule has 31 heavy (non-hydrogen) atoms. The third-order valence-electron chi connectivity index (χ3n) is 4.29. The molecule has 0 saturated heterocycles. The Morgan fingerprint density at radius 1 is 1.29 bits per heavy atom. The number of methoxy groups -OCH3 is 1. The van der Waals surface area contributed by atoms with Crippen molar-refractivity contribution in [1.82, 2.24) is 15.5 Å². The first-order valence-electron chi connectivity index (χ1n) is 9.23. The zero-order chi connectivity index (χ0) is 22.5. The fourth-order valence-corrected chi connectivity index (χ4v) is 2.77. The lowest BCUT2D eigenvalue weighted by Crippen LogP contribution is -2.27. The van der Waals surface area contributed by atoms with Crippen LogP contribution < -0.4 is 14.8 Å². The van der Waals surface area contributed by atoms with Crippen LogP contribution in [0.25, 0.3) is 11.4 Å². The fourth-order valence-electron chi connectivity index (χ4n) is 2.77. The zero-order valence-electron chi connectivity index (χ0n) is 16.9. The normalized spacial score (nSPS) is 11.6. The zero-order valence-corrected chi connectivity index (χ0v) is 16.9. The van der Waals surface area contributed by atoms with E-state index in [-0.39, 0.29) is 35.4 Å². The number of nitrogens with one attached hydrogen (secondary N) is 1. The first-order valence-corrected chi connectivity index (χ1v) is 9.23. The third-order valence-corrected chi connectivity index (χ3v) is 4.29. The van der Waals surface area contributed by atoms with E-state index >= 15 is 0 Å². The van der Waals surface area contributed by atoms with Gasteiger partial charge < -0.3 is 19.3 Å². The van der Waals surface area contributed by atoms with Crippen LogP contribution in [0.3, 0.4) is 0 Å². The van der Waals surface area contributed by atoms with Crippen molar-refractivity contribution in [3.05, 3.63) is 63.8 Å². The van der Waals surface area contributed by atoms with Crippen LogP contribution in [0.15, 0.2) is 40.9 Å². The number of amides is 1. The van der Waals surface area contributed by atoms with Gasteiger partial charge in [0.1, 0.15) is 17.4 Å². The predicted molar refractivity (Wildman–Crippen MR) is 106 cm³/mol. The number of nitrogens with zero attached hydrogens (tertiary/aromatic N) is 3. The van der Waals surface area contributed by atoms with Gasteiger partial charge in [0, 0.05) is 11.6 Å². The Morgan fingerprint density at radius 3 is 2.61 bits per heavy atom. The summed E-state index contributed by atoms with van der Waals surface area (Å²) in [5.74, 6) is -0.507. The molecule has 1 atom stereocenters. The van der Waals surface area contributed by atoms with Crippen LogP contribution in [-0.2, 0) is 0 Å². The summed E-state index contributed by atoms with van der Waals surface area (Å²) < 4.78 is 28.8. The highest BCUT2D eigenvalue weighted by Gasteiger charge is 2.27. The molecular formula is C20H19FN4O6. The average molecular weight is 430 g/mol. The smallest absolute Gasteiger partial charge is 0.286 e. The third kappa shape index (κ3) is 4.77. The summed E-state index contributed by atoms with van der Waals surface area (Å²) in [5, 5.41) is 17.9. The molecule has 162 valence electrons. The van der Waals surface area contributed by atoms with Gasteiger partial charge >= 0.3 is 0 Å². The van der Waals surface area contributed by atoms with Gasteiger partial charge in [0.15, 0.2) is 11.5 Å².